The van der Waals surface area contributed by atoms with Gasteiger partial charge < -0.3 is 14.6 Å². The molecule has 0 radical (unpaired) electrons. The van der Waals surface area contributed by atoms with Crippen molar-refractivity contribution in [3.05, 3.63) is 29.8 Å². The van der Waals surface area contributed by atoms with E-state index in [1.54, 1.807) is 7.11 Å². The molecule has 0 aromatic heterocycles. The summed E-state index contributed by atoms with van der Waals surface area (Å²) in [5.41, 5.74) is 1.03. The quantitative estimate of drug-likeness (QED) is 0.475. The minimum Gasteiger partial charge on any atom is -0.497 e. The van der Waals surface area contributed by atoms with Crippen molar-refractivity contribution in [2.24, 2.45) is 0 Å². The molecule has 0 saturated carbocycles. The third-order valence-corrected chi connectivity index (χ3v) is 4.18. The number of carbonyl (C=O) groups is 1. The zero-order valence-electron chi connectivity index (χ0n) is 15.1. The topological polar surface area (TPSA) is 55.8 Å². The van der Waals surface area contributed by atoms with Crippen LogP contribution in [0, 0.1) is 0 Å². The Kier molecular flexibility index (Phi) is 10.9. The van der Waals surface area contributed by atoms with Crippen molar-refractivity contribution < 1.29 is 19.4 Å². The lowest BCUT2D eigenvalue weighted by molar-refractivity contribution is -0.140. The molecule has 4 nitrogen and oxygen atoms in total. The average Bonchev–Trinajstić information content (AvgIpc) is 2.58. The van der Waals surface area contributed by atoms with Crippen LogP contribution in [-0.2, 0) is 16.1 Å². The summed E-state index contributed by atoms with van der Waals surface area (Å²) in [7, 11) is 1.64. The Morgan fingerprint density at radius 3 is 2.25 bits per heavy atom. The SMILES string of the molecule is CCCCCCCCC[C@H](CC(=O)O)OCc1ccc(OC)cc1. The van der Waals surface area contributed by atoms with E-state index in [0.717, 1.165) is 30.6 Å². The number of hydrogen-bond acceptors (Lipinski definition) is 3. The first kappa shape index (κ1) is 20.5. The fraction of sp³-hybridized carbons (Fsp3) is 0.650. The van der Waals surface area contributed by atoms with Crippen molar-refractivity contribution >= 4 is 5.97 Å². The molecule has 0 aliphatic heterocycles. The minimum absolute atomic E-state index is 0.0754. The summed E-state index contributed by atoms with van der Waals surface area (Å²) in [6, 6.07) is 7.68. The maximum absolute atomic E-state index is 11.0. The summed E-state index contributed by atoms with van der Waals surface area (Å²) in [5.74, 6) is 0.0154. The third kappa shape index (κ3) is 9.56. The minimum atomic E-state index is -0.794. The highest BCUT2D eigenvalue weighted by Crippen LogP contribution is 2.17. The van der Waals surface area contributed by atoms with Crippen LogP contribution in [0.4, 0.5) is 0 Å². The fourth-order valence-electron chi connectivity index (χ4n) is 2.70. The molecular formula is C20H32O4. The number of benzene rings is 1. The van der Waals surface area contributed by atoms with Crippen molar-refractivity contribution in [1.82, 2.24) is 0 Å². The van der Waals surface area contributed by atoms with E-state index in [9.17, 15) is 4.79 Å². The molecule has 136 valence electrons. The Bertz CT molecular complexity index is 441. The van der Waals surface area contributed by atoms with E-state index < -0.39 is 5.97 Å². The molecule has 0 amide bonds. The van der Waals surface area contributed by atoms with Gasteiger partial charge in [-0.05, 0) is 24.1 Å². The monoisotopic (exact) mass is 336 g/mol. The number of hydrogen-bond donors (Lipinski definition) is 1. The third-order valence-electron chi connectivity index (χ3n) is 4.18. The first-order valence-electron chi connectivity index (χ1n) is 9.12. The Morgan fingerprint density at radius 1 is 1.04 bits per heavy atom. The van der Waals surface area contributed by atoms with Crippen molar-refractivity contribution in [2.45, 2.75) is 77.4 Å². The molecule has 24 heavy (non-hydrogen) atoms. The van der Waals surface area contributed by atoms with Gasteiger partial charge in [0.25, 0.3) is 0 Å². The van der Waals surface area contributed by atoms with Crippen LogP contribution in [0.2, 0.25) is 0 Å². The van der Waals surface area contributed by atoms with Crippen LogP contribution in [0.3, 0.4) is 0 Å². The highest BCUT2D eigenvalue weighted by atomic mass is 16.5. The molecular weight excluding hydrogens is 304 g/mol. The molecule has 0 aliphatic carbocycles. The maximum Gasteiger partial charge on any atom is 0.305 e. The summed E-state index contributed by atoms with van der Waals surface area (Å²) in [4.78, 5) is 11.0. The van der Waals surface area contributed by atoms with E-state index in [-0.39, 0.29) is 12.5 Å². The Morgan fingerprint density at radius 2 is 1.67 bits per heavy atom. The Hall–Kier alpha value is -1.55. The van der Waals surface area contributed by atoms with E-state index in [1.807, 2.05) is 24.3 Å². The highest BCUT2D eigenvalue weighted by molar-refractivity contribution is 5.67. The number of carboxylic acid groups (broad SMARTS) is 1. The molecule has 1 rings (SSSR count). The molecule has 4 heteroatoms. The van der Waals surface area contributed by atoms with Crippen LogP contribution in [0.5, 0.6) is 5.75 Å². The molecule has 1 aromatic carbocycles. The van der Waals surface area contributed by atoms with Crippen LogP contribution < -0.4 is 4.74 Å². The molecule has 0 aliphatic rings. The van der Waals surface area contributed by atoms with Crippen LogP contribution in [0.25, 0.3) is 0 Å². The van der Waals surface area contributed by atoms with Crippen molar-refractivity contribution in [1.29, 1.82) is 0 Å². The molecule has 0 unspecified atom stereocenters. The molecule has 0 saturated heterocycles. The van der Waals surface area contributed by atoms with Gasteiger partial charge in [-0.1, -0.05) is 64.0 Å². The predicted octanol–water partition coefficient (Wildman–Crippen LogP) is 5.20. The smallest absolute Gasteiger partial charge is 0.305 e. The second-order valence-corrected chi connectivity index (χ2v) is 6.29. The number of unbranched alkanes of at least 4 members (excludes halogenated alkanes) is 6. The van der Waals surface area contributed by atoms with E-state index in [0.29, 0.717) is 6.61 Å². The van der Waals surface area contributed by atoms with Crippen LogP contribution >= 0.6 is 0 Å². The first-order valence-corrected chi connectivity index (χ1v) is 9.12. The summed E-state index contributed by atoms with van der Waals surface area (Å²) in [6.07, 6.45) is 9.28. The Labute approximate surface area is 146 Å². The lowest BCUT2D eigenvalue weighted by atomic mass is 10.0. The average molecular weight is 336 g/mol. The van der Waals surface area contributed by atoms with Gasteiger partial charge in [-0.25, -0.2) is 0 Å². The molecule has 0 spiro atoms. The second-order valence-electron chi connectivity index (χ2n) is 6.29. The van der Waals surface area contributed by atoms with Gasteiger partial charge in [-0.15, -0.1) is 0 Å². The van der Waals surface area contributed by atoms with Gasteiger partial charge in [-0.2, -0.15) is 0 Å². The second kappa shape index (κ2) is 12.8. The predicted molar refractivity (Wildman–Crippen MR) is 96.4 cm³/mol. The van der Waals surface area contributed by atoms with Gasteiger partial charge in [0.1, 0.15) is 5.75 Å². The first-order chi connectivity index (χ1) is 11.7. The summed E-state index contributed by atoms with van der Waals surface area (Å²) >= 11 is 0. The number of ether oxygens (including phenoxy) is 2. The fourth-order valence-corrected chi connectivity index (χ4v) is 2.70. The van der Waals surface area contributed by atoms with E-state index in [2.05, 4.69) is 6.92 Å². The molecule has 1 N–H and O–H groups in total. The largest absolute Gasteiger partial charge is 0.497 e. The summed E-state index contributed by atoms with van der Waals surface area (Å²) in [6.45, 7) is 2.66. The van der Waals surface area contributed by atoms with Gasteiger partial charge in [0, 0.05) is 0 Å². The normalized spacial score (nSPS) is 12.1. The van der Waals surface area contributed by atoms with Crippen molar-refractivity contribution in [2.75, 3.05) is 7.11 Å². The summed E-state index contributed by atoms with van der Waals surface area (Å²) in [5, 5.41) is 9.05. The van der Waals surface area contributed by atoms with Gasteiger partial charge in [0.2, 0.25) is 0 Å². The molecule has 0 fully saturated rings. The molecule has 1 atom stereocenters. The van der Waals surface area contributed by atoms with Crippen LogP contribution in [0.1, 0.15) is 70.3 Å². The lowest BCUT2D eigenvalue weighted by Gasteiger charge is -2.16. The zero-order chi connectivity index (χ0) is 17.6. The number of aliphatic carboxylic acids is 1. The standard InChI is InChI=1S/C20H32O4/c1-3-4-5-6-7-8-9-10-19(15-20(21)22)24-16-17-11-13-18(23-2)14-12-17/h11-14,19H,3-10,15-16H2,1-2H3,(H,21,22)/t19-/m1/s1. The van der Waals surface area contributed by atoms with Gasteiger partial charge in [-0.3, -0.25) is 4.79 Å². The van der Waals surface area contributed by atoms with Crippen LogP contribution in [-0.4, -0.2) is 24.3 Å². The zero-order valence-corrected chi connectivity index (χ0v) is 15.1. The molecule has 0 bridgehead atoms. The van der Waals surface area contributed by atoms with E-state index in [1.165, 1.54) is 32.1 Å². The number of rotatable bonds is 14. The maximum atomic E-state index is 11.0. The van der Waals surface area contributed by atoms with Crippen molar-refractivity contribution in [3.63, 3.8) is 0 Å². The summed E-state index contributed by atoms with van der Waals surface area (Å²) < 4.78 is 11.0. The number of carboxylic acids is 1. The van der Waals surface area contributed by atoms with Gasteiger partial charge in [0.05, 0.1) is 26.2 Å². The van der Waals surface area contributed by atoms with Gasteiger partial charge in [0.15, 0.2) is 0 Å². The molecule has 0 heterocycles. The van der Waals surface area contributed by atoms with E-state index >= 15 is 0 Å². The number of methoxy groups -OCH3 is 1. The highest BCUT2D eigenvalue weighted by Gasteiger charge is 2.13. The lowest BCUT2D eigenvalue weighted by Crippen LogP contribution is -2.17. The van der Waals surface area contributed by atoms with E-state index in [4.69, 9.17) is 14.6 Å². The molecule has 1 aromatic rings. The van der Waals surface area contributed by atoms with Crippen molar-refractivity contribution in [3.8, 4) is 5.75 Å². The van der Waals surface area contributed by atoms with Crippen LogP contribution in [0.15, 0.2) is 24.3 Å². The Balaban J connectivity index is 2.29. The van der Waals surface area contributed by atoms with Gasteiger partial charge >= 0.3 is 5.97 Å².